The summed E-state index contributed by atoms with van der Waals surface area (Å²) >= 11 is 6.09. The molecule has 2 aromatic rings. The van der Waals surface area contributed by atoms with E-state index < -0.39 is 29.3 Å². The van der Waals surface area contributed by atoms with Crippen molar-refractivity contribution in [1.82, 2.24) is 0 Å². The molecule has 6 nitrogen and oxygen atoms in total. The molecule has 0 saturated heterocycles. The van der Waals surface area contributed by atoms with Crippen LogP contribution in [0.15, 0.2) is 42.5 Å². The summed E-state index contributed by atoms with van der Waals surface area (Å²) < 4.78 is 11.1. The summed E-state index contributed by atoms with van der Waals surface area (Å²) in [6.45, 7) is 1.45. The maximum atomic E-state index is 12.7. The lowest BCUT2D eigenvalue weighted by Gasteiger charge is -2.22. The monoisotopic (exact) mass is 361 g/mol. The Morgan fingerprint density at radius 2 is 1.96 bits per heavy atom. The third-order valence-electron chi connectivity index (χ3n) is 4.13. The number of carbonyl (C=O) groups excluding carboxylic acids is 1. The first kappa shape index (κ1) is 17.2. The van der Waals surface area contributed by atoms with Gasteiger partial charge in [0, 0.05) is 21.1 Å². The van der Waals surface area contributed by atoms with Gasteiger partial charge in [0.05, 0.1) is 18.4 Å². The molecule has 0 amide bonds. The van der Waals surface area contributed by atoms with Crippen molar-refractivity contribution in [3.8, 4) is 11.5 Å². The number of nitro groups is 1. The van der Waals surface area contributed by atoms with E-state index in [-0.39, 0.29) is 6.61 Å². The number of hydrogen-bond acceptors (Lipinski definition) is 5. The van der Waals surface area contributed by atoms with Gasteiger partial charge in [-0.2, -0.15) is 0 Å². The van der Waals surface area contributed by atoms with Gasteiger partial charge in [0.25, 0.3) is 0 Å². The molecule has 0 N–H and O–H groups in total. The van der Waals surface area contributed by atoms with Crippen molar-refractivity contribution >= 4 is 17.6 Å². The van der Waals surface area contributed by atoms with Crippen molar-refractivity contribution in [2.24, 2.45) is 0 Å². The SMILES string of the molecule is CCOC(=O)C1c2ccccc2Oc2ccc(Cl)cc2C1C[N+](=O)[O-]. The Morgan fingerprint density at radius 3 is 2.68 bits per heavy atom. The molecule has 2 atom stereocenters. The highest BCUT2D eigenvalue weighted by Crippen LogP contribution is 2.47. The largest absolute Gasteiger partial charge is 0.465 e. The highest BCUT2D eigenvalue weighted by atomic mass is 35.5. The Labute approximate surface area is 149 Å². The molecular weight excluding hydrogens is 346 g/mol. The molecule has 0 aromatic heterocycles. The molecule has 25 heavy (non-hydrogen) atoms. The summed E-state index contributed by atoms with van der Waals surface area (Å²) in [6.07, 6.45) is 0. The minimum atomic E-state index is -0.846. The predicted octanol–water partition coefficient (Wildman–Crippen LogP) is 4.15. The van der Waals surface area contributed by atoms with Gasteiger partial charge < -0.3 is 9.47 Å². The van der Waals surface area contributed by atoms with Crippen molar-refractivity contribution in [3.63, 3.8) is 0 Å². The molecule has 0 fully saturated rings. The van der Waals surface area contributed by atoms with Crippen LogP contribution in [0.3, 0.4) is 0 Å². The molecule has 0 saturated carbocycles. The standard InChI is InChI=1S/C18H16ClNO5/c1-2-24-18(21)17-12-5-3-4-6-15(12)25-16-8-7-11(19)9-13(16)14(17)10-20(22)23/h3-9,14,17H,2,10H2,1H3. The number of hydrogen-bond donors (Lipinski definition) is 0. The van der Waals surface area contributed by atoms with Gasteiger partial charge in [-0.05, 0) is 31.2 Å². The molecule has 1 heterocycles. The van der Waals surface area contributed by atoms with Crippen LogP contribution in [0.4, 0.5) is 0 Å². The van der Waals surface area contributed by atoms with Gasteiger partial charge in [-0.25, -0.2) is 0 Å². The third kappa shape index (κ3) is 3.44. The second-order valence-corrected chi connectivity index (χ2v) is 6.11. The zero-order valence-electron chi connectivity index (χ0n) is 13.5. The molecule has 0 aliphatic carbocycles. The average molecular weight is 362 g/mol. The van der Waals surface area contributed by atoms with Crippen LogP contribution >= 0.6 is 11.6 Å². The fraction of sp³-hybridized carbons (Fsp3) is 0.278. The zero-order valence-corrected chi connectivity index (χ0v) is 14.2. The summed E-state index contributed by atoms with van der Waals surface area (Å²) in [5.74, 6) is -1.17. The molecule has 1 aliphatic rings. The van der Waals surface area contributed by atoms with Crippen molar-refractivity contribution < 1.29 is 19.2 Å². The van der Waals surface area contributed by atoms with Gasteiger partial charge in [-0.15, -0.1) is 0 Å². The number of carbonyl (C=O) groups is 1. The summed E-state index contributed by atoms with van der Waals surface area (Å²) in [7, 11) is 0. The Morgan fingerprint density at radius 1 is 1.24 bits per heavy atom. The average Bonchev–Trinajstić information content (AvgIpc) is 2.69. The van der Waals surface area contributed by atoms with Gasteiger partial charge in [-0.1, -0.05) is 29.8 Å². The molecular formula is C18H16ClNO5. The van der Waals surface area contributed by atoms with Crippen LogP contribution in [0.1, 0.15) is 29.9 Å². The minimum Gasteiger partial charge on any atom is -0.465 e. The number of fused-ring (bicyclic) bond motifs is 2. The van der Waals surface area contributed by atoms with E-state index in [9.17, 15) is 14.9 Å². The highest BCUT2D eigenvalue weighted by Gasteiger charge is 2.41. The summed E-state index contributed by atoms with van der Waals surface area (Å²) in [5.41, 5.74) is 1.10. The predicted molar refractivity (Wildman–Crippen MR) is 91.9 cm³/mol. The fourth-order valence-corrected chi connectivity index (χ4v) is 3.32. The Hall–Kier alpha value is -2.60. The van der Waals surface area contributed by atoms with Gasteiger partial charge in [0.15, 0.2) is 0 Å². The molecule has 0 spiro atoms. The lowest BCUT2D eigenvalue weighted by molar-refractivity contribution is -0.483. The molecule has 7 heteroatoms. The minimum absolute atomic E-state index is 0.186. The van der Waals surface area contributed by atoms with Crippen LogP contribution in [-0.2, 0) is 9.53 Å². The van der Waals surface area contributed by atoms with Gasteiger partial charge >= 0.3 is 5.97 Å². The van der Waals surface area contributed by atoms with Crippen LogP contribution < -0.4 is 4.74 Å². The third-order valence-corrected chi connectivity index (χ3v) is 4.37. The van der Waals surface area contributed by atoms with E-state index in [0.29, 0.717) is 27.6 Å². The van der Waals surface area contributed by atoms with Crippen LogP contribution in [0.2, 0.25) is 5.02 Å². The van der Waals surface area contributed by atoms with Gasteiger partial charge in [-0.3, -0.25) is 14.9 Å². The maximum Gasteiger partial charge on any atom is 0.314 e. The lowest BCUT2D eigenvalue weighted by atomic mass is 9.81. The highest BCUT2D eigenvalue weighted by molar-refractivity contribution is 6.30. The lowest BCUT2D eigenvalue weighted by Crippen LogP contribution is -2.27. The number of benzene rings is 2. The quantitative estimate of drug-likeness (QED) is 0.464. The molecule has 1 aliphatic heterocycles. The molecule has 2 aromatic carbocycles. The Bertz CT molecular complexity index is 823. The van der Waals surface area contributed by atoms with Crippen molar-refractivity contribution in [1.29, 1.82) is 0 Å². The van der Waals surface area contributed by atoms with Crippen molar-refractivity contribution in [2.75, 3.05) is 13.2 Å². The zero-order chi connectivity index (χ0) is 18.0. The molecule has 0 radical (unpaired) electrons. The summed E-state index contributed by atoms with van der Waals surface area (Å²) in [4.78, 5) is 23.5. The second kappa shape index (κ2) is 7.11. The number of ether oxygens (including phenoxy) is 2. The number of nitrogens with zero attached hydrogens (tertiary/aromatic N) is 1. The van der Waals surface area contributed by atoms with Crippen LogP contribution in [-0.4, -0.2) is 24.0 Å². The van der Waals surface area contributed by atoms with Gasteiger partial charge in [0.1, 0.15) is 11.5 Å². The van der Waals surface area contributed by atoms with Crippen LogP contribution in [0.5, 0.6) is 11.5 Å². The normalized spacial score (nSPS) is 18.3. The summed E-state index contributed by atoms with van der Waals surface area (Å²) in [6, 6.07) is 11.9. The van der Waals surface area contributed by atoms with E-state index in [0.717, 1.165) is 0 Å². The van der Waals surface area contributed by atoms with E-state index in [4.69, 9.17) is 21.1 Å². The number of para-hydroxylation sites is 1. The van der Waals surface area contributed by atoms with Crippen LogP contribution in [0.25, 0.3) is 0 Å². The number of halogens is 1. The maximum absolute atomic E-state index is 12.7. The van der Waals surface area contributed by atoms with Crippen molar-refractivity contribution in [3.05, 3.63) is 68.7 Å². The first-order valence-electron chi connectivity index (χ1n) is 7.86. The summed E-state index contributed by atoms with van der Waals surface area (Å²) in [5, 5.41) is 11.7. The molecule has 3 rings (SSSR count). The first-order chi connectivity index (χ1) is 12.0. The second-order valence-electron chi connectivity index (χ2n) is 5.67. The molecule has 0 bridgehead atoms. The molecule has 130 valence electrons. The van der Waals surface area contributed by atoms with E-state index in [1.807, 2.05) is 0 Å². The van der Waals surface area contributed by atoms with Crippen molar-refractivity contribution in [2.45, 2.75) is 18.8 Å². The fourth-order valence-electron chi connectivity index (χ4n) is 3.13. The Balaban J connectivity index is 2.23. The number of rotatable bonds is 4. The molecule has 2 unspecified atom stereocenters. The van der Waals surface area contributed by atoms with Crippen LogP contribution in [0, 0.1) is 10.1 Å². The van der Waals surface area contributed by atoms with E-state index in [2.05, 4.69) is 0 Å². The Kier molecular flexibility index (Phi) is 4.90. The number of esters is 1. The topological polar surface area (TPSA) is 78.7 Å². The van der Waals surface area contributed by atoms with E-state index >= 15 is 0 Å². The van der Waals surface area contributed by atoms with Gasteiger partial charge in [0.2, 0.25) is 6.54 Å². The van der Waals surface area contributed by atoms with E-state index in [1.54, 1.807) is 49.4 Å². The smallest absolute Gasteiger partial charge is 0.314 e. The van der Waals surface area contributed by atoms with E-state index in [1.165, 1.54) is 0 Å². The first-order valence-corrected chi connectivity index (χ1v) is 8.23.